The molecule has 1 saturated carbocycles. The van der Waals surface area contributed by atoms with Gasteiger partial charge in [-0.2, -0.15) is 0 Å². The van der Waals surface area contributed by atoms with Crippen LogP contribution in [0.3, 0.4) is 0 Å². The van der Waals surface area contributed by atoms with Gasteiger partial charge in [0, 0.05) is 17.8 Å². The standard InChI is InChI=1S/C22H21N3O5S/c1-11-16(24-12(2)31-11)9-19(28)23-10-13-4-3-5-15-20(13)22(30)25(21(15)29)17-7-6-14(26)8-18(17)27/h3-5,17H,6-10H2,1-2H3,(H,23,28). The van der Waals surface area contributed by atoms with E-state index in [1.807, 2.05) is 13.8 Å². The number of thiazole rings is 1. The number of hydrogen-bond acceptors (Lipinski definition) is 7. The van der Waals surface area contributed by atoms with Gasteiger partial charge in [0.2, 0.25) is 5.91 Å². The molecule has 1 atom stereocenters. The van der Waals surface area contributed by atoms with Gasteiger partial charge in [-0.1, -0.05) is 12.1 Å². The van der Waals surface area contributed by atoms with E-state index in [-0.39, 0.29) is 55.0 Å². The van der Waals surface area contributed by atoms with Gasteiger partial charge in [-0.3, -0.25) is 28.9 Å². The summed E-state index contributed by atoms with van der Waals surface area (Å²) in [6, 6.07) is 3.96. The highest BCUT2D eigenvalue weighted by Gasteiger charge is 2.45. The van der Waals surface area contributed by atoms with Crippen LogP contribution in [0.25, 0.3) is 0 Å². The van der Waals surface area contributed by atoms with Gasteiger partial charge >= 0.3 is 0 Å². The van der Waals surface area contributed by atoms with Gasteiger partial charge < -0.3 is 5.32 Å². The van der Waals surface area contributed by atoms with E-state index in [4.69, 9.17) is 0 Å². The molecule has 8 nitrogen and oxygen atoms in total. The fraction of sp³-hybridized carbons (Fsp3) is 0.364. The minimum absolute atomic E-state index is 0.0775. The zero-order valence-electron chi connectivity index (χ0n) is 17.2. The zero-order chi connectivity index (χ0) is 22.3. The highest BCUT2D eigenvalue weighted by molar-refractivity contribution is 7.11. The lowest BCUT2D eigenvalue weighted by atomic mass is 9.92. The van der Waals surface area contributed by atoms with Gasteiger partial charge in [0.1, 0.15) is 5.78 Å². The zero-order valence-corrected chi connectivity index (χ0v) is 18.0. The van der Waals surface area contributed by atoms with E-state index in [9.17, 15) is 24.0 Å². The van der Waals surface area contributed by atoms with Crippen molar-refractivity contribution < 1.29 is 24.0 Å². The third-order valence-corrected chi connectivity index (χ3v) is 6.52. The summed E-state index contributed by atoms with van der Waals surface area (Å²) in [6.45, 7) is 3.87. The fourth-order valence-electron chi connectivity index (χ4n) is 4.08. The van der Waals surface area contributed by atoms with E-state index in [1.165, 1.54) is 11.3 Å². The second-order valence-electron chi connectivity index (χ2n) is 7.75. The molecule has 0 bridgehead atoms. The molecule has 1 aromatic carbocycles. The number of fused-ring (bicyclic) bond motifs is 1. The molecule has 1 aliphatic heterocycles. The van der Waals surface area contributed by atoms with Crippen LogP contribution in [0, 0.1) is 13.8 Å². The molecule has 9 heteroatoms. The van der Waals surface area contributed by atoms with Crippen LogP contribution in [-0.2, 0) is 27.3 Å². The number of Topliss-reactive ketones (excluding diaryl/α,β-unsaturated/α-hetero) is 2. The van der Waals surface area contributed by atoms with E-state index < -0.39 is 23.6 Å². The van der Waals surface area contributed by atoms with E-state index >= 15 is 0 Å². The summed E-state index contributed by atoms with van der Waals surface area (Å²) >= 11 is 1.53. The number of nitrogens with one attached hydrogen (secondary N) is 1. The highest BCUT2D eigenvalue weighted by atomic mass is 32.1. The molecule has 1 N–H and O–H groups in total. The third-order valence-electron chi connectivity index (χ3n) is 5.59. The molecule has 1 aromatic heterocycles. The Labute approximate surface area is 182 Å². The van der Waals surface area contributed by atoms with Crippen molar-refractivity contribution in [2.75, 3.05) is 0 Å². The molecule has 1 fully saturated rings. The lowest BCUT2D eigenvalue weighted by Gasteiger charge is -2.27. The second-order valence-corrected chi connectivity index (χ2v) is 9.15. The maximum Gasteiger partial charge on any atom is 0.262 e. The average Bonchev–Trinajstić information content (AvgIpc) is 3.16. The molecule has 2 aromatic rings. The van der Waals surface area contributed by atoms with Gasteiger partial charge in [-0.25, -0.2) is 4.98 Å². The van der Waals surface area contributed by atoms with E-state index in [2.05, 4.69) is 10.3 Å². The summed E-state index contributed by atoms with van der Waals surface area (Å²) in [7, 11) is 0. The molecule has 4 rings (SSSR count). The Balaban J connectivity index is 1.51. The van der Waals surface area contributed by atoms with Crippen LogP contribution in [0.15, 0.2) is 18.2 Å². The van der Waals surface area contributed by atoms with Crippen LogP contribution in [0.2, 0.25) is 0 Å². The molecule has 3 amide bonds. The van der Waals surface area contributed by atoms with Crippen molar-refractivity contribution in [3.8, 4) is 0 Å². The Kier molecular flexibility index (Phi) is 5.53. The van der Waals surface area contributed by atoms with Gasteiger partial charge in [-0.15, -0.1) is 11.3 Å². The summed E-state index contributed by atoms with van der Waals surface area (Å²) in [4.78, 5) is 68.5. The van der Waals surface area contributed by atoms with Crippen molar-refractivity contribution in [2.45, 2.75) is 52.1 Å². The topological polar surface area (TPSA) is 114 Å². The van der Waals surface area contributed by atoms with Crippen molar-refractivity contribution in [3.05, 3.63) is 50.5 Å². The summed E-state index contributed by atoms with van der Waals surface area (Å²) in [6.07, 6.45) is 0.204. The molecule has 0 radical (unpaired) electrons. The first-order valence-electron chi connectivity index (χ1n) is 10.00. The van der Waals surface area contributed by atoms with Crippen LogP contribution in [0.1, 0.15) is 61.1 Å². The minimum Gasteiger partial charge on any atom is -0.352 e. The van der Waals surface area contributed by atoms with Crippen molar-refractivity contribution in [2.24, 2.45) is 0 Å². The number of benzene rings is 1. The molecule has 31 heavy (non-hydrogen) atoms. The van der Waals surface area contributed by atoms with Crippen LogP contribution >= 0.6 is 11.3 Å². The number of carbonyl (C=O) groups excluding carboxylic acids is 5. The predicted octanol–water partition coefficient (Wildman–Crippen LogP) is 1.91. The Morgan fingerprint density at radius 1 is 1.19 bits per heavy atom. The van der Waals surface area contributed by atoms with Gasteiger partial charge in [-0.05, 0) is 31.9 Å². The first-order valence-corrected chi connectivity index (χ1v) is 10.8. The smallest absolute Gasteiger partial charge is 0.262 e. The van der Waals surface area contributed by atoms with Crippen molar-refractivity contribution >= 4 is 40.6 Å². The maximum atomic E-state index is 13.1. The maximum absolute atomic E-state index is 13.1. The fourth-order valence-corrected chi connectivity index (χ4v) is 4.92. The second kappa shape index (κ2) is 8.14. The Morgan fingerprint density at radius 2 is 1.97 bits per heavy atom. The van der Waals surface area contributed by atoms with Gasteiger partial charge in [0.25, 0.3) is 11.8 Å². The van der Waals surface area contributed by atoms with Crippen LogP contribution in [0.5, 0.6) is 0 Å². The Hall–Kier alpha value is -3.20. The molecule has 160 valence electrons. The highest BCUT2D eigenvalue weighted by Crippen LogP contribution is 2.31. The molecule has 2 heterocycles. The monoisotopic (exact) mass is 439 g/mol. The lowest BCUT2D eigenvalue weighted by Crippen LogP contribution is -2.47. The number of imide groups is 1. The van der Waals surface area contributed by atoms with Crippen molar-refractivity contribution in [3.63, 3.8) is 0 Å². The predicted molar refractivity (Wildman–Crippen MR) is 112 cm³/mol. The third kappa shape index (κ3) is 3.93. The summed E-state index contributed by atoms with van der Waals surface area (Å²) in [5.41, 5.74) is 1.66. The van der Waals surface area contributed by atoms with Crippen LogP contribution in [-0.4, -0.2) is 45.2 Å². The largest absolute Gasteiger partial charge is 0.352 e. The summed E-state index contributed by atoms with van der Waals surface area (Å²) in [5.74, 6) is -1.90. The molecular formula is C22H21N3O5S. The van der Waals surface area contributed by atoms with E-state index in [1.54, 1.807) is 18.2 Å². The molecule has 1 unspecified atom stereocenters. The van der Waals surface area contributed by atoms with Crippen molar-refractivity contribution in [1.29, 1.82) is 0 Å². The quantitative estimate of drug-likeness (QED) is 0.562. The number of aromatic nitrogens is 1. The number of amides is 3. The van der Waals surface area contributed by atoms with Crippen LogP contribution < -0.4 is 5.32 Å². The first-order chi connectivity index (χ1) is 14.8. The minimum atomic E-state index is -0.913. The number of aryl methyl sites for hydroxylation is 2. The molecule has 0 spiro atoms. The van der Waals surface area contributed by atoms with Crippen molar-refractivity contribution in [1.82, 2.24) is 15.2 Å². The summed E-state index contributed by atoms with van der Waals surface area (Å²) in [5, 5.41) is 3.68. The van der Waals surface area contributed by atoms with Gasteiger partial charge in [0.05, 0.1) is 40.7 Å². The molecular weight excluding hydrogens is 418 g/mol. The number of carbonyl (C=O) groups is 5. The Bertz CT molecular complexity index is 1140. The molecule has 1 aliphatic carbocycles. The normalized spacial score (nSPS) is 18.5. The number of nitrogens with zero attached hydrogens (tertiary/aromatic N) is 2. The number of rotatable bonds is 5. The number of hydrogen-bond donors (Lipinski definition) is 1. The first kappa shape index (κ1) is 21.0. The van der Waals surface area contributed by atoms with Crippen LogP contribution in [0.4, 0.5) is 0 Å². The number of ketones is 2. The SMILES string of the molecule is Cc1nc(CC(=O)NCc2cccc3c2C(=O)N(C2CCC(=O)CC2=O)C3=O)c(C)s1. The average molecular weight is 439 g/mol. The van der Waals surface area contributed by atoms with E-state index in [0.717, 1.165) is 20.5 Å². The lowest BCUT2D eigenvalue weighted by molar-refractivity contribution is -0.132. The molecule has 2 aliphatic rings. The van der Waals surface area contributed by atoms with Gasteiger partial charge in [0.15, 0.2) is 5.78 Å². The summed E-state index contributed by atoms with van der Waals surface area (Å²) < 4.78 is 0. The van der Waals surface area contributed by atoms with E-state index in [0.29, 0.717) is 5.56 Å². The molecule has 0 saturated heterocycles. The Morgan fingerprint density at radius 3 is 2.65 bits per heavy atom.